The Morgan fingerprint density at radius 1 is 1.21 bits per heavy atom. The molecule has 0 spiro atoms. The van der Waals surface area contributed by atoms with Crippen molar-refractivity contribution >= 4 is 5.91 Å². The van der Waals surface area contributed by atoms with Gasteiger partial charge in [0.2, 0.25) is 0 Å². The Balaban J connectivity index is 1.54. The largest absolute Gasteiger partial charge is 0.338 e. The van der Waals surface area contributed by atoms with Gasteiger partial charge in [-0.1, -0.05) is 6.07 Å². The number of piperidine rings is 1. The minimum Gasteiger partial charge on any atom is -0.338 e. The lowest BCUT2D eigenvalue weighted by atomic mass is 9.94. The van der Waals surface area contributed by atoms with Crippen LogP contribution in [-0.2, 0) is 0 Å². The highest BCUT2D eigenvalue weighted by atomic mass is 16.2. The molecule has 1 saturated heterocycles. The Morgan fingerprint density at radius 3 is 2.88 bits per heavy atom. The van der Waals surface area contributed by atoms with E-state index in [-0.39, 0.29) is 5.91 Å². The standard InChI is InChI=1S/C17H18N6O/c24-17(13-3-1-5-15(9-13)23-11-19-20-12-23)22-8-2-4-14(10-22)16-6-7-18-21-16/h1,3,5-7,9,11-12,14H,2,4,8,10H2,(H,18,21)/t14-/m0/s1. The van der Waals surface area contributed by atoms with Crippen molar-refractivity contribution in [1.82, 2.24) is 29.9 Å². The molecule has 0 unspecified atom stereocenters. The zero-order chi connectivity index (χ0) is 16.4. The topological polar surface area (TPSA) is 79.7 Å². The molecule has 3 aromatic rings. The number of nitrogens with one attached hydrogen (secondary N) is 1. The second-order valence-corrected chi connectivity index (χ2v) is 6.02. The van der Waals surface area contributed by atoms with E-state index in [4.69, 9.17) is 0 Å². The minimum atomic E-state index is 0.0640. The van der Waals surface area contributed by atoms with Crippen LogP contribution in [0.5, 0.6) is 0 Å². The van der Waals surface area contributed by atoms with E-state index in [0.29, 0.717) is 11.5 Å². The SMILES string of the molecule is O=C(c1cccc(-n2cnnc2)c1)N1CCC[C@H](c2ccn[nH]2)C1. The summed E-state index contributed by atoms with van der Waals surface area (Å²) in [6.45, 7) is 1.51. The van der Waals surface area contributed by atoms with Gasteiger partial charge in [0.05, 0.1) is 0 Å². The predicted octanol–water partition coefficient (Wildman–Crippen LogP) is 2.01. The zero-order valence-electron chi connectivity index (χ0n) is 13.2. The minimum absolute atomic E-state index is 0.0640. The normalized spacial score (nSPS) is 17.8. The molecule has 4 rings (SSSR count). The smallest absolute Gasteiger partial charge is 0.253 e. The molecule has 0 saturated carbocycles. The maximum absolute atomic E-state index is 12.9. The molecule has 3 heterocycles. The molecule has 24 heavy (non-hydrogen) atoms. The highest BCUT2D eigenvalue weighted by Gasteiger charge is 2.26. The molecular formula is C17H18N6O. The molecule has 1 aliphatic rings. The first-order valence-corrected chi connectivity index (χ1v) is 8.05. The number of aromatic nitrogens is 5. The molecule has 122 valence electrons. The van der Waals surface area contributed by atoms with Crippen molar-refractivity contribution < 1.29 is 4.79 Å². The quantitative estimate of drug-likeness (QED) is 0.800. The van der Waals surface area contributed by atoms with E-state index in [1.807, 2.05) is 35.2 Å². The van der Waals surface area contributed by atoms with Crippen molar-refractivity contribution in [3.05, 3.63) is 60.4 Å². The molecule has 2 aromatic heterocycles. The number of hydrogen-bond acceptors (Lipinski definition) is 4. The summed E-state index contributed by atoms with van der Waals surface area (Å²) in [6.07, 6.45) is 7.09. The number of rotatable bonds is 3. The summed E-state index contributed by atoms with van der Waals surface area (Å²) in [5.74, 6) is 0.389. The van der Waals surface area contributed by atoms with Gasteiger partial charge in [0, 0.05) is 42.1 Å². The lowest BCUT2D eigenvalue weighted by molar-refractivity contribution is 0.0706. The average Bonchev–Trinajstić information content (AvgIpc) is 3.35. The fourth-order valence-corrected chi connectivity index (χ4v) is 3.23. The first-order chi connectivity index (χ1) is 11.8. The molecule has 1 N–H and O–H groups in total. The third-order valence-electron chi connectivity index (χ3n) is 4.48. The van der Waals surface area contributed by atoms with Crippen molar-refractivity contribution in [2.24, 2.45) is 0 Å². The van der Waals surface area contributed by atoms with E-state index >= 15 is 0 Å². The molecule has 1 fully saturated rings. The van der Waals surface area contributed by atoms with Gasteiger partial charge in [-0.3, -0.25) is 14.5 Å². The summed E-state index contributed by atoms with van der Waals surface area (Å²) in [6, 6.07) is 9.55. The van der Waals surface area contributed by atoms with Gasteiger partial charge >= 0.3 is 0 Å². The number of aromatic amines is 1. The molecule has 1 aromatic carbocycles. The highest BCUT2D eigenvalue weighted by Crippen LogP contribution is 2.26. The van der Waals surface area contributed by atoms with E-state index < -0.39 is 0 Å². The third-order valence-corrected chi connectivity index (χ3v) is 4.48. The van der Waals surface area contributed by atoms with Crippen LogP contribution in [0.3, 0.4) is 0 Å². The number of carbonyl (C=O) groups is 1. The maximum Gasteiger partial charge on any atom is 0.253 e. The van der Waals surface area contributed by atoms with Crippen LogP contribution in [-0.4, -0.2) is 48.9 Å². The molecule has 7 heteroatoms. The monoisotopic (exact) mass is 322 g/mol. The molecule has 1 amide bonds. The van der Waals surface area contributed by atoms with Gasteiger partial charge in [-0.05, 0) is 37.1 Å². The van der Waals surface area contributed by atoms with E-state index in [2.05, 4.69) is 20.4 Å². The molecule has 0 bridgehead atoms. The number of nitrogens with zero attached hydrogens (tertiary/aromatic N) is 5. The molecular weight excluding hydrogens is 304 g/mol. The van der Waals surface area contributed by atoms with Crippen molar-refractivity contribution in [2.75, 3.05) is 13.1 Å². The van der Waals surface area contributed by atoms with Crippen LogP contribution in [0.15, 0.2) is 49.2 Å². The number of carbonyl (C=O) groups excluding carboxylic acids is 1. The lowest BCUT2D eigenvalue weighted by Gasteiger charge is -2.32. The lowest BCUT2D eigenvalue weighted by Crippen LogP contribution is -2.39. The molecule has 0 aliphatic carbocycles. The van der Waals surface area contributed by atoms with Gasteiger partial charge in [0.1, 0.15) is 12.7 Å². The van der Waals surface area contributed by atoms with Crippen LogP contribution in [0.2, 0.25) is 0 Å². The zero-order valence-corrected chi connectivity index (χ0v) is 13.2. The molecule has 1 aliphatic heterocycles. The highest BCUT2D eigenvalue weighted by molar-refractivity contribution is 5.94. The summed E-state index contributed by atoms with van der Waals surface area (Å²) in [5.41, 5.74) is 2.67. The van der Waals surface area contributed by atoms with Crippen molar-refractivity contribution in [3.63, 3.8) is 0 Å². The van der Waals surface area contributed by atoms with Crippen molar-refractivity contribution in [1.29, 1.82) is 0 Å². The molecule has 0 radical (unpaired) electrons. The molecule has 1 atom stereocenters. The Hall–Kier alpha value is -2.96. The summed E-state index contributed by atoms with van der Waals surface area (Å²) < 4.78 is 1.79. The fraction of sp³-hybridized carbons (Fsp3) is 0.294. The van der Waals surface area contributed by atoms with Gasteiger partial charge in [-0.2, -0.15) is 5.10 Å². The van der Waals surface area contributed by atoms with E-state index in [9.17, 15) is 4.79 Å². The Kier molecular flexibility index (Phi) is 3.82. The number of likely N-dealkylation sites (tertiary alicyclic amines) is 1. The number of H-pyrrole nitrogens is 1. The summed E-state index contributed by atoms with van der Waals surface area (Å²) in [4.78, 5) is 14.8. The van der Waals surface area contributed by atoms with Crippen LogP contribution in [0.25, 0.3) is 5.69 Å². The second kappa shape index (κ2) is 6.27. The first kappa shape index (κ1) is 14.6. The average molecular weight is 322 g/mol. The summed E-state index contributed by atoms with van der Waals surface area (Å²) in [7, 11) is 0. The van der Waals surface area contributed by atoms with Gasteiger partial charge in [0.25, 0.3) is 5.91 Å². The summed E-state index contributed by atoms with van der Waals surface area (Å²) in [5, 5.41) is 14.7. The Bertz CT molecular complexity index is 811. The maximum atomic E-state index is 12.9. The Labute approximate surface area is 139 Å². The molecule has 7 nitrogen and oxygen atoms in total. The van der Waals surface area contributed by atoms with Crippen molar-refractivity contribution in [2.45, 2.75) is 18.8 Å². The van der Waals surface area contributed by atoms with Crippen LogP contribution in [0.4, 0.5) is 0 Å². The van der Waals surface area contributed by atoms with Gasteiger partial charge < -0.3 is 4.90 Å². The first-order valence-electron chi connectivity index (χ1n) is 8.05. The summed E-state index contributed by atoms with van der Waals surface area (Å²) >= 11 is 0. The second-order valence-electron chi connectivity index (χ2n) is 6.02. The van der Waals surface area contributed by atoms with Crippen LogP contribution in [0, 0.1) is 0 Å². The van der Waals surface area contributed by atoms with Crippen LogP contribution >= 0.6 is 0 Å². The van der Waals surface area contributed by atoms with E-state index in [1.165, 1.54) is 0 Å². The van der Waals surface area contributed by atoms with Crippen molar-refractivity contribution in [3.8, 4) is 5.69 Å². The van der Waals surface area contributed by atoms with Gasteiger partial charge in [-0.15, -0.1) is 10.2 Å². The van der Waals surface area contributed by atoms with Gasteiger partial charge in [-0.25, -0.2) is 0 Å². The number of hydrogen-bond donors (Lipinski definition) is 1. The van der Waals surface area contributed by atoms with Gasteiger partial charge in [0.15, 0.2) is 0 Å². The van der Waals surface area contributed by atoms with Crippen LogP contribution < -0.4 is 0 Å². The fourth-order valence-electron chi connectivity index (χ4n) is 3.23. The van der Waals surface area contributed by atoms with Crippen LogP contribution in [0.1, 0.15) is 34.8 Å². The predicted molar refractivity (Wildman–Crippen MR) is 87.8 cm³/mol. The Morgan fingerprint density at radius 2 is 2.08 bits per heavy atom. The number of amides is 1. The third kappa shape index (κ3) is 2.80. The number of benzene rings is 1. The van der Waals surface area contributed by atoms with E-state index in [1.54, 1.807) is 23.4 Å². The van der Waals surface area contributed by atoms with E-state index in [0.717, 1.165) is 37.3 Å².